The van der Waals surface area contributed by atoms with E-state index in [0.29, 0.717) is 26.9 Å². The van der Waals surface area contributed by atoms with E-state index in [9.17, 15) is 23.1 Å². The summed E-state index contributed by atoms with van der Waals surface area (Å²) in [6.45, 7) is 3.15. The number of carbonyl (C=O) groups is 1. The molecular weight excluding hydrogens is 498 g/mol. The maximum Gasteiger partial charge on any atom is 0.392 e. The molecule has 0 aromatic heterocycles. The summed E-state index contributed by atoms with van der Waals surface area (Å²) >= 11 is 12.3. The standard InChI is InChI=1S/C27H26Cl2F3NO2/c1-3-17-4-5-20(14-26(34)35)22(12-17)19-8-11-24(29)25(13-19)33-15-23(16(2)27(30,31)32)18-6-9-21(28)10-7-18/h4-13,16,23,33H,3,14-15H2,1-2H3,(H,34,35). The van der Waals surface area contributed by atoms with Gasteiger partial charge < -0.3 is 10.4 Å². The number of hydrogen-bond acceptors (Lipinski definition) is 2. The van der Waals surface area contributed by atoms with Crippen LogP contribution in [-0.2, 0) is 17.6 Å². The fourth-order valence-electron chi connectivity index (χ4n) is 4.00. The Hall–Kier alpha value is -2.70. The van der Waals surface area contributed by atoms with Gasteiger partial charge in [-0.2, -0.15) is 13.2 Å². The fraction of sp³-hybridized carbons (Fsp3) is 0.296. The van der Waals surface area contributed by atoms with Crippen LogP contribution in [0, 0.1) is 5.92 Å². The van der Waals surface area contributed by atoms with Crippen LogP contribution in [0.1, 0.15) is 36.5 Å². The zero-order valence-electron chi connectivity index (χ0n) is 19.3. The first-order valence-electron chi connectivity index (χ1n) is 11.2. The third kappa shape index (κ3) is 6.92. The Labute approximate surface area is 212 Å². The van der Waals surface area contributed by atoms with E-state index in [0.717, 1.165) is 30.0 Å². The summed E-state index contributed by atoms with van der Waals surface area (Å²) in [6.07, 6.45) is -3.76. The molecule has 3 rings (SSSR count). The highest BCUT2D eigenvalue weighted by Crippen LogP contribution is 2.39. The van der Waals surface area contributed by atoms with Gasteiger partial charge in [0.25, 0.3) is 0 Å². The predicted molar refractivity (Wildman–Crippen MR) is 136 cm³/mol. The smallest absolute Gasteiger partial charge is 0.392 e. The van der Waals surface area contributed by atoms with Gasteiger partial charge in [0.15, 0.2) is 0 Å². The van der Waals surface area contributed by atoms with E-state index < -0.39 is 24.0 Å². The molecule has 0 aliphatic heterocycles. The average Bonchev–Trinajstić information content (AvgIpc) is 2.80. The molecule has 2 N–H and O–H groups in total. The molecule has 2 unspecified atom stereocenters. The molecule has 8 heteroatoms. The highest BCUT2D eigenvalue weighted by molar-refractivity contribution is 6.33. The van der Waals surface area contributed by atoms with Crippen molar-refractivity contribution < 1.29 is 23.1 Å². The van der Waals surface area contributed by atoms with Crippen molar-refractivity contribution >= 4 is 34.9 Å². The summed E-state index contributed by atoms with van der Waals surface area (Å²) in [5, 5.41) is 13.2. The van der Waals surface area contributed by atoms with E-state index in [1.807, 2.05) is 19.1 Å². The van der Waals surface area contributed by atoms with Gasteiger partial charge in [-0.15, -0.1) is 0 Å². The van der Waals surface area contributed by atoms with Crippen LogP contribution in [0.25, 0.3) is 11.1 Å². The second kappa shape index (κ2) is 11.4. The van der Waals surface area contributed by atoms with Crippen LogP contribution >= 0.6 is 23.2 Å². The molecule has 186 valence electrons. The molecule has 0 spiro atoms. The van der Waals surface area contributed by atoms with E-state index in [-0.39, 0.29) is 13.0 Å². The molecule has 3 aromatic rings. The number of carboxylic acid groups (broad SMARTS) is 1. The lowest BCUT2D eigenvalue weighted by Crippen LogP contribution is -2.30. The number of nitrogens with one attached hydrogen (secondary N) is 1. The Morgan fingerprint density at radius 2 is 1.71 bits per heavy atom. The second-order valence-corrected chi connectivity index (χ2v) is 9.32. The molecule has 0 saturated heterocycles. The monoisotopic (exact) mass is 523 g/mol. The minimum atomic E-state index is -4.38. The largest absolute Gasteiger partial charge is 0.481 e. The fourth-order valence-corrected chi connectivity index (χ4v) is 4.31. The van der Waals surface area contributed by atoms with Gasteiger partial charge in [-0.1, -0.05) is 73.4 Å². The van der Waals surface area contributed by atoms with Crippen molar-refractivity contribution in [1.82, 2.24) is 0 Å². The van der Waals surface area contributed by atoms with E-state index in [1.165, 1.54) is 0 Å². The lowest BCUT2D eigenvalue weighted by Gasteiger charge is -2.27. The first-order valence-corrected chi connectivity index (χ1v) is 11.9. The number of benzene rings is 3. The van der Waals surface area contributed by atoms with Crippen molar-refractivity contribution in [3.8, 4) is 11.1 Å². The van der Waals surface area contributed by atoms with Gasteiger partial charge in [0.2, 0.25) is 0 Å². The minimum absolute atomic E-state index is 0.0114. The van der Waals surface area contributed by atoms with E-state index in [2.05, 4.69) is 5.32 Å². The summed E-state index contributed by atoms with van der Waals surface area (Å²) in [5.74, 6) is -3.44. The summed E-state index contributed by atoms with van der Waals surface area (Å²) in [4.78, 5) is 11.4. The molecule has 2 atom stereocenters. The van der Waals surface area contributed by atoms with Crippen LogP contribution in [0.3, 0.4) is 0 Å². The van der Waals surface area contributed by atoms with Gasteiger partial charge in [-0.3, -0.25) is 4.79 Å². The summed E-state index contributed by atoms with van der Waals surface area (Å²) < 4.78 is 40.9. The first-order chi connectivity index (χ1) is 16.5. The molecule has 0 aliphatic carbocycles. The highest BCUT2D eigenvalue weighted by Gasteiger charge is 2.41. The summed E-state index contributed by atoms with van der Waals surface area (Å²) in [6, 6.07) is 17.2. The Balaban J connectivity index is 1.95. The Bertz CT molecular complexity index is 1180. The van der Waals surface area contributed by atoms with Crippen molar-refractivity contribution in [3.63, 3.8) is 0 Å². The molecule has 0 radical (unpaired) electrons. The number of hydrogen-bond donors (Lipinski definition) is 2. The first kappa shape index (κ1) is 26.9. The van der Waals surface area contributed by atoms with Gasteiger partial charge in [0.05, 0.1) is 23.0 Å². The minimum Gasteiger partial charge on any atom is -0.481 e. The van der Waals surface area contributed by atoms with Crippen LogP contribution < -0.4 is 5.32 Å². The highest BCUT2D eigenvalue weighted by atomic mass is 35.5. The van der Waals surface area contributed by atoms with Gasteiger partial charge in [0, 0.05) is 17.5 Å². The van der Waals surface area contributed by atoms with Gasteiger partial charge in [0.1, 0.15) is 0 Å². The maximum atomic E-state index is 13.6. The number of aryl methyl sites for hydroxylation is 1. The number of halogens is 5. The zero-order chi connectivity index (χ0) is 25.8. The topological polar surface area (TPSA) is 49.3 Å². The third-order valence-electron chi connectivity index (χ3n) is 6.13. The molecule has 0 aliphatic rings. The normalized spacial score (nSPS) is 13.3. The molecule has 3 aromatic carbocycles. The van der Waals surface area contributed by atoms with E-state index >= 15 is 0 Å². The number of anilines is 1. The quantitative estimate of drug-likeness (QED) is 0.296. The predicted octanol–water partition coefficient (Wildman–Crippen LogP) is 8.24. The van der Waals surface area contributed by atoms with E-state index in [4.69, 9.17) is 23.2 Å². The molecule has 0 fully saturated rings. The van der Waals surface area contributed by atoms with Crippen LogP contribution in [0.5, 0.6) is 0 Å². The number of aliphatic carboxylic acids is 1. The number of rotatable bonds is 9. The molecule has 3 nitrogen and oxygen atoms in total. The summed E-state index contributed by atoms with van der Waals surface area (Å²) in [5.41, 5.74) is 4.16. The van der Waals surface area contributed by atoms with Crippen LogP contribution in [0.15, 0.2) is 60.7 Å². The van der Waals surface area contributed by atoms with E-state index in [1.54, 1.807) is 48.5 Å². The lowest BCUT2D eigenvalue weighted by atomic mass is 9.86. The molecule has 0 saturated carbocycles. The van der Waals surface area contributed by atoms with Crippen LogP contribution in [0.4, 0.5) is 18.9 Å². The zero-order valence-corrected chi connectivity index (χ0v) is 20.8. The van der Waals surface area contributed by atoms with Crippen molar-refractivity contribution in [2.24, 2.45) is 5.92 Å². The Morgan fingerprint density at radius 1 is 1.03 bits per heavy atom. The molecular formula is C27H26Cl2F3NO2. The Morgan fingerprint density at radius 3 is 2.31 bits per heavy atom. The van der Waals surface area contributed by atoms with Crippen LogP contribution in [0.2, 0.25) is 10.0 Å². The summed E-state index contributed by atoms with van der Waals surface area (Å²) in [7, 11) is 0. The third-order valence-corrected chi connectivity index (χ3v) is 6.71. The molecule has 0 heterocycles. The van der Waals surface area contributed by atoms with Crippen LogP contribution in [-0.4, -0.2) is 23.8 Å². The van der Waals surface area contributed by atoms with Crippen molar-refractivity contribution in [3.05, 3.63) is 87.4 Å². The molecule has 0 amide bonds. The number of alkyl halides is 3. The Kier molecular flexibility index (Phi) is 8.73. The average molecular weight is 524 g/mol. The number of carboxylic acids is 1. The SMILES string of the molecule is CCc1ccc(CC(=O)O)c(-c2ccc(Cl)c(NCC(c3ccc(Cl)cc3)C(C)C(F)(F)F)c2)c1. The molecule has 35 heavy (non-hydrogen) atoms. The second-order valence-electron chi connectivity index (χ2n) is 8.48. The van der Waals surface area contributed by atoms with Gasteiger partial charge in [-0.05, 0) is 58.5 Å². The van der Waals surface area contributed by atoms with Gasteiger partial charge >= 0.3 is 12.1 Å². The lowest BCUT2D eigenvalue weighted by molar-refractivity contribution is -0.174. The van der Waals surface area contributed by atoms with Crippen molar-refractivity contribution in [2.75, 3.05) is 11.9 Å². The van der Waals surface area contributed by atoms with Crippen molar-refractivity contribution in [2.45, 2.75) is 38.8 Å². The van der Waals surface area contributed by atoms with Gasteiger partial charge in [-0.25, -0.2) is 0 Å². The maximum absolute atomic E-state index is 13.6. The molecule has 0 bridgehead atoms. The van der Waals surface area contributed by atoms with Crippen molar-refractivity contribution in [1.29, 1.82) is 0 Å².